The first kappa shape index (κ1) is 14.0. The van der Waals surface area contributed by atoms with Crippen LogP contribution in [0.4, 0.5) is 0 Å². The van der Waals surface area contributed by atoms with E-state index < -0.39 is 0 Å². The Morgan fingerprint density at radius 1 is 1.42 bits per heavy atom. The molecule has 0 fully saturated rings. The molecule has 0 unspecified atom stereocenters. The van der Waals surface area contributed by atoms with Gasteiger partial charge >= 0.3 is 0 Å². The van der Waals surface area contributed by atoms with E-state index in [9.17, 15) is 9.59 Å². The zero-order valence-electron chi connectivity index (χ0n) is 12.2. The molecule has 0 amide bonds. The van der Waals surface area contributed by atoms with Gasteiger partial charge < -0.3 is 4.57 Å². The van der Waals surface area contributed by atoms with Crippen LogP contribution in [0.1, 0.15) is 55.4 Å². The van der Waals surface area contributed by atoms with E-state index in [4.69, 9.17) is 0 Å². The number of nitrogens with zero attached hydrogens (tertiary/aromatic N) is 2. The smallest absolute Gasteiger partial charge is 0.261 e. The number of pyridine rings is 1. The summed E-state index contributed by atoms with van der Waals surface area (Å²) in [7, 11) is 0. The van der Waals surface area contributed by atoms with Crippen LogP contribution >= 0.6 is 0 Å². The third-order valence-corrected chi connectivity index (χ3v) is 3.83. The Morgan fingerprint density at radius 3 is 2.63 bits per heavy atom. The number of carbonyl (C=O) groups is 1. The zero-order valence-corrected chi connectivity index (χ0v) is 12.2. The van der Waals surface area contributed by atoms with Crippen molar-refractivity contribution in [2.24, 2.45) is 0 Å². The molecule has 0 radical (unpaired) electrons. The molecule has 2 heterocycles. The fourth-order valence-corrected chi connectivity index (χ4v) is 2.80. The number of ketones is 1. The Hall–Kier alpha value is -1.42. The first-order chi connectivity index (χ1) is 8.95. The fourth-order valence-electron chi connectivity index (χ4n) is 2.80. The van der Waals surface area contributed by atoms with Crippen molar-refractivity contribution in [1.29, 1.82) is 0 Å². The molecule has 0 spiro atoms. The largest absolute Gasteiger partial charge is 0.309 e. The van der Waals surface area contributed by atoms with Gasteiger partial charge in [0.05, 0.1) is 5.56 Å². The summed E-state index contributed by atoms with van der Waals surface area (Å²) in [6.45, 7) is 10.4. The van der Waals surface area contributed by atoms with Crippen LogP contribution in [0.3, 0.4) is 0 Å². The van der Waals surface area contributed by atoms with Gasteiger partial charge in [0.1, 0.15) is 0 Å². The third-order valence-electron chi connectivity index (χ3n) is 3.83. The lowest BCUT2D eigenvalue weighted by Crippen LogP contribution is -2.38. The standard InChI is InChI=1S/C15H22N2O2/c1-5-16-7-6-14-12(9-16)8-13(11(4)18)15(19)17(14)10(2)3/h8,10H,5-7,9H2,1-4H3. The van der Waals surface area contributed by atoms with E-state index in [0.717, 1.165) is 37.3 Å². The van der Waals surface area contributed by atoms with Crippen molar-refractivity contribution in [3.63, 3.8) is 0 Å². The van der Waals surface area contributed by atoms with E-state index in [1.807, 2.05) is 13.8 Å². The summed E-state index contributed by atoms with van der Waals surface area (Å²) in [5.41, 5.74) is 2.43. The molecule has 0 aromatic carbocycles. The predicted molar refractivity (Wildman–Crippen MR) is 75.7 cm³/mol. The second-order valence-electron chi connectivity index (χ2n) is 5.47. The Kier molecular flexibility index (Phi) is 3.90. The molecule has 1 aliphatic heterocycles. The van der Waals surface area contributed by atoms with Crippen LogP contribution in [0.15, 0.2) is 10.9 Å². The number of fused-ring (bicyclic) bond motifs is 1. The van der Waals surface area contributed by atoms with Crippen molar-refractivity contribution < 1.29 is 4.79 Å². The molecule has 0 atom stereocenters. The van der Waals surface area contributed by atoms with Gasteiger partial charge in [-0.1, -0.05) is 6.92 Å². The molecule has 0 N–H and O–H groups in total. The highest BCUT2D eigenvalue weighted by Gasteiger charge is 2.23. The minimum atomic E-state index is -0.143. The zero-order chi connectivity index (χ0) is 14.2. The topological polar surface area (TPSA) is 42.3 Å². The number of hydrogen-bond acceptors (Lipinski definition) is 3. The van der Waals surface area contributed by atoms with Crippen LogP contribution in [0.25, 0.3) is 0 Å². The first-order valence-corrected chi connectivity index (χ1v) is 6.96. The highest BCUT2D eigenvalue weighted by atomic mass is 16.1. The van der Waals surface area contributed by atoms with Gasteiger partial charge in [0.15, 0.2) is 5.78 Å². The van der Waals surface area contributed by atoms with Gasteiger partial charge in [0, 0.05) is 31.2 Å². The molecule has 4 heteroatoms. The summed E-state index contributed by atoms with van der Waals surface area (Å²) in [4.78, 5) is 26.4. The summed E-state index contributed by atoms with van der Waals surface area (Å²) in [6, 6.07) is 1.90. The van der Waals surface area contributed by atoms with Gasteiger partial charge in [-0.05, 0) is 38.9 Å². The molecular formula is C15H22N2O2. The van der Waals surface area contributed by atoms with Crippen LogP contribution in [-0.4, -0.2) is 28.3 Å². The number of carbonyl (C=O) groups excluding carboxylic acids is 1. The lowest BCUT2D eigenvalue weighted by molar-refractivity contribution is 0.101. The molecule has 0 saturated carbocycles. The van der Waals surface area contributed by atoms with Crippen LogP contribution in [0.5, 0.6) is 0 Å². The molecule has 2 rings (SSSR count). The highest BCUT2D eigenvalue weighted by Crippen LogP contribution is 2.21. The van der Waals surface area contributed by atoms with Crippen molar-refractivity contribution in [1.82, 2.24) is 9.47 Å². The van der Waals surface area contributed by atoms with Gasteiger partial charge in [0.25, 0.3) is 5.56 Å². The molecule has 4 nitrogen and oxygen atoms in total. The average Bonchev–Trinajstić information content (AvgIpc) is 2.36. The van der Waals surface area contributed by atoms with Crippen LogP contribution in [0.2, 0.25) is 0 Å². The number of aromatic nitrogens is 1. The summed E-state index contributed by atoms with van der Waals surface area (Å²) in [5.74, 6) is -0.143. The van der Waals surface area contributed by atoms with Gasteiger partial charge in [-0.2, -0.15) is 0 Å². The SMILES string of the molecule is CCN1CCc2c(cc(C(C)=O)c(=O)n2C(C)C)C1. The second-order valence-corrected chi connectivity index (χ2v) is 5.47. The molecule has 104 valence electrons. The van der Waals surface area contributed by atoms with Crippen LogP contribution in [-0.2, 0) is 13.0 Å². The van der Waals surface area contributed by atoms with E-state index >= 15 is 0 Å². The maximum atomic E-state index is 12.4. The number of rotatable bonds is 3. The maximum absolute atomic E-state index is 12.4. The normalized spacial score (nSPS) is 15.6. The molecule has 0 aliphatic carbocycles. The van der Waals surface area contributed by atoms with Crippen molar-refractivity contribution in [3.05, 3.63) is 33.2 Å². The van der Waals surface area contributed by atoms with Crippen LogP contribution < -0.4 is 5.56 Å². The van der Waals surface area contributed by atoms with E-state index in [-0.39, 0.29) is 17.4 Å². The summed E-state index contributed by atoms with van der Waals surface area (Å²) < 4.78 is 1.80. The Bertz CT molecular complexity index is 558. The van der Waals surface area contributed by atoms with Crippen molar-refractivity contribution in [3.8, 4) is 0 Å². The van der Waals surface area contributed by atoms with Crippen LogP contribution in [0, 0.1) is 0 Å². The Labute approximate surface area is 114 Å². The van der Waals surface area contributed by atoms with Gasteiger partial charge in [-0.3, -0.25) is 14.5 Å². The number of hydrogen-bond donors (Lipinski definition) is 0. The van der Waals surface area contributed by atoms with E-state index in [2.05, 4.69) is 11.8 Å². The fraction of sp³-hybridized carbons (Fsp3) is 0.600. The molecule has 0 saturated heterocycles. The van der Waals surface area contributed by atoms with Crippen molar-refractivity contribution >= 4 is 5.78 Å². The number of likely N-dealkylation sites (N-methyl/N-ethyl adjacent to an activating group) is 1. The molecule has 1 aromatic rings. The minimum absolute atomic E-state index is 0.0914. The molecule has 19 heavy (non-hydrogen) atoms. The number of Topliss-reactive ketones (excluding diaryl/α,β-unsaturated/α-hetero) is 1. The Morgan fingerprint density at radius 2 is 2.11 bits per heavy atom. The summed E-state index contributed by atoms with van der Waals surface area (Å²) in [5, 5.41) is 0. The average molecular weight is 262 g/mol. The molecule has 1 aliphatic rings. The van der Waals surface area contributed by atoms with E-state index in [0.29, 0.717) is 5.56 Å². The lowest BCUT2D eigenvalue weighted by atomic mass is 10.0. The monoisotopic (exact) mass is 262 g/mol. The Balaban J connectivity index is 2.64. The van der Waals surface area contributed by atoms with Crippen molar-refractivity contribution in [2.75, 3.05) is 13.1 Å². The van der Waals surface area contributed by atoms with Gasteiger partial charge in [-0.25, -0.2) is 0 Å². The summed E-state index contributed by atoms with van der Waals surface area (Å²) in [6.07, 6.45) is 0.884. The molecular weight excluding hydrogens is 240 g/mol. The van der Waals surface area contributed by atoms with Crippen molar-refractivity contribution in [2.45, 2.75) is 46.7 Å². The van der Waals surface area contributed by atoms with E-state index in [1.165, 1.54) is 6.92 Å². The quantitative estimate of drug-likeness (QED) is 0.783. The van der Waals surface area contributed by atoms with Gasteiger partial charge in [-0.15, -0.1) is 0 Å². The second kappa shape index (κ2) is 5.29. The third kappa shape index (κ3) is 2.50. The molecule has 1 aromatic heterocycles. The summed E-state index contributed by atoms with van der Waals surface area (Å²) >= 11 is 0. The highest BCUT2D eigenvalue weighted by molar-refractivity contribution is 5.93. The minimum Gasteiger partial charge on any atom is -0.309 e. The lowest BCUT2D eigenvalue weighted by Gasteiger charge is -2.31. The van der Waals surface area contributed by atoms with Gasteiger partial charge in [0.2, 0.25) is 0 Å². The first-order valence-electron chi connectivity index (χ1n) is 6.96. The van der Waals surface area contributed by atoms with E-state index in [1.54, 1.807) is 10.6 Å². The maximum Gasteiger partial charge on any atom is 0.261 e. The predicted octanol–water partition coefficient (Wildman–Crippen LogP) is 2.01. The molecule has 0 bridgehead atoms.